The highest BCUT2D eigenvalue weighted by atomic mass is 19.2. The average Bonchev–Trinajstić information content (AvgIpc) is 3.10. The van der Waals surface area contributed by atoms with Crippen molar-refractivity contribution in [2.75, 3.05) is 5.32 Å². The fourth-order valence-corrected chi connectivity index (χ4v) is 3.37. The van der Waals surface area contributed by atoms with Crippen LogP contribution in [0.15, 0.2) is 48.2 Å². The highest BCUT2D eigenvalue weighted by Crippen LogP contribution is 2.44. The Morgan fingerprint density at radius 2 is 1.74 bits per heavy atom. The van der Waals surface area contributed by atoms with Gasteiger partial charge in [-0.3, -0.25) is 9.59 Å². The van der Waals surface area contributed by atoms with E-state index >= 15 is 0 Å². The number of ether oxygens (including phenoxy) is 1. The summed E-state index contributed by atoms with van der Waals surface area (Å²) in [5.74, 6) is -2.25. The molecule has 1 N–H and O–H groups in total. The number of amides is 1. The first-order chi connectivity index (χ1) is 12.8. The van der Waals surface area contributed by atoms with Gasteiger partial charge >= 0.3 is 0 Å². The van der Waals surface area contributed by atoms with Crippen LogP contribution >= 0.6 is 0 Å². The normalized spacial score (nSPS) is 20.0. The van der Waals surface area contributed by atoms with Crippen molar-refractivity contribution in [2.24, 2.45) is 0 Å². The molecule has 0 unspecified atom stereocenters. The molecule has 0 fully saturated rings. The van der Waals surface area contributed by atoms with E-state index in [1.807, 2.05) is 13.8 Å². The minimum atomic E-state index is -1.03. The fraction of sp³-hybridized carbons (Fsp3) is 0.143. The zero-order valence-electron chi connectivity index (χ0n) is 14.6. The zero-order chi connectivity index (χ0) is 19.3. The Hall–Kier alpha value is -3.28. The van der Waals surface area contributed by atoms with Gasteiger partial charge in [0.15, 0.2) is 11.6 Å². The quantitative estimate of drug-likeness (QED) is 0.635. The molecular weight excluding hydrogens is 352 g/mol. The number of hydrogen-bond donors (Lipinski definition) is 1. The van der Waals surface area contributed by atoms with E-state index in [2.05, 4.69) is 5.32 Å². The van der Waals surface area contributed by atoms with Crippen LogP contribution in [0.1, 0.15) is 35.3 Å². The van der Waals surface area contributed by atoms with Gasteiger partial charge in [-0.2, -0.15) is 0 Å². The van der Waals surface area contributed by atoms with Gasteiger partial charge in [0.2, 0.25) is 0 Å². The van der Waals surface area contributed by atoms with Crippen LogP contribution in [0, 0.1) is 11.6 Å². The maximum Gasteiger partial charge on any atom is 0.260 e. The molecule has 2 aliphatic rings. The molecule has 4 rings (SSSR count). The number of aldehydes is 1. The largest absolute Gasteiger partial charge is 0.482 e. The summed E-state index contributed by atoms with van der Waals surface area (Å²) < 4.78 is 33.2. The van der Waals surface area contributed by atoms with Crippen molar-refractivity contribution < 1.29 is 23.1 Å². The van der Waals surface area contributed by atoms with Crippen molar-refractivity contribution in [3.05, 3.63) is 76.6 Å². The smallest absolute Gasteiger partial charge is 0.260 e. The van der Waals surface area contributed by atoms with Crippen molar-refractivity contribution >= 4 is 29.0 Å². The molecule has 0 aromatic heterocycles. The highest BCUT2D eigenvalue weighted by Gasteiger charge is 2.38. The van der Waals surface area contributed by atoms with Gasteiger partial charge in [0.1, 0.15) is 17.6 Å². The molecule has 2 aliphatic heterocycles. The highest BCUT2D eigenvalue weighted by molar-refractivity contribution is 6.32. The maximum absolute atomic E-state index is 13.7. The molecule has 2 heterocycles. The first-order valence-electron chi connectivity index (χ1n) is 8.32. The van der Waals surface area contributed by atoms with Crippen LogP contribution < -0.4 is 5.32 Å². The predicted molar refractivity (Wildman–Crippen MR) is 96.9 cm³/mol. The predicted octanol–water partition coefficient (Wildman–Crippen LogP) is 4.33. The van der Waals surface area contributed by atoms with E-state index in [0.29, 0.717) is 5.56 Å². The number of carbonyl (C=O) groups is 2. The fourth-order valence-electron chi connectivity index (χ4n) is 3.37. The van der Waals surface area contributed by atoms with Crippen LogP contribution in [0.4, 0.5) is 14.5 Å². The summed E-state index contributed by atoms with van der Waals surface area (Å²) in [7, 11) is 0. The van der Waals surface area contributed by atoms with E-state index in [1.165, 1.54) is 0 Å². The van der Waals surface area contributed by atoms with E-state index in [-0.39, 0.29) is 22.6 Å². The summed E-state index contributed by atoms with van der Waals surface area (Å²) in [6.45, 7) is 3.69. The summed E-state index contributed by atoms with van der Waals surface area (Å²) in [5.41, 5.74) is 2.09. The molecule has 0 saturated carbocycles. The summed E-state index contributed by atoms with van der Waals surface area (Å²) >= 11 is 0. The molecule has 6 heteroatoms. The Kier molecular flexibility index (Phi) is 3.73. The van der Waals surface area contributed by atoms with Gasteiger partial charge in [-0.05, 0) is 31.6 Å². The lowest BCUT2D eigenvalue weighted by atomic mass is 9.92. The number of benzene rings is 2. The molecule has 1 amide bonds. The molecule has 0 saturated heterocycles. The SMILES string of the molecule is CC1(C)O/C(=C2/C(=O)Nc3cc(F)c(F)cc32)C=C1c1ccc(C=O)cc1. The Morgan fingerprint density at radius 1 is 1.07 bits per heavy atom. The average molecular weight is 367 g/mol. The molecular formula is C21H15F2NO3. The van der Waals surface area contributed by atoms with Crippen molar-refractivity contribution in [1.82, 2.24) is 0 Å². The summed E-state index contributed by atoms with van der Waals surface area (Å²) in [4.78, 5) is 23.3. The Bertz CT molecular complexity index is 1050. The molecule has 27 heavy (non-hydrogen) atoms. The molecule has 4 nitrogen and oxygen atoms in total. The second-order valence-electron chi connectivity index (χ2n) is 6.92. The van der Waals surface area contributed by atoms with E-state index < -0.39 is 23.1 Å². The van der Waals surface area contributed by atoms with E-state index in [9.17, 15) is 18.4 Å². The third-order valence-electron chi connectivity index (χ3n) is 4.70. The number of carbonyl (C=O) groups excluding carboxylic acids is 2. The Labute approximate surface area is 154 Å². The Balaban J connectivity index is 1.85. The summed E-state index contributed by atoms with van der Waals surface area (Å²) in [6.07, 6.45) is 2.48. The first kappa shape index (κ1) is 17.1. The second kappa shape index (κ2) is 5.87. The Morgan fingerprint density at radius 3 is 2.41 bits per heavy atom. The summed E-state index contributed by atoms with van der Waals surface area (Å²) in [5, 5.41) is 2.54. The number of halogens is 2. The zero-order valence-corrected chi connectivity index (χ0v) is 14.6. The minimum Gasteiger partial charge on any atom is -0.482 e. The number of allylic oxidation sites excluding steroid dienone is 1. The standard InChI is InChI=1S/C21H15F2NO3/c1-21(2)14(12-5-3-11(10-25)4-6-12)8-18(27-21)19-13-7-15(22)16(23)9-17(13)24-20(19)26/h3-10H,1-2H3,(H,24,26)/b19-18+. The van der Waals surface area contributed by atoms with Gasteiger partial charge in [-0.15, -0.1) is 0 Å². The van der Waals surface area contributed by atoms with Crippen LogP contribution in [0.2, 0.25) is 0 Å². The lowest BCUT2D eigenvalue weighted by molar-refractivity contribution is -0.111. The molecule has 2 aromatic rings. The topological polar surface area (TPSA) is 55.4 Å². The van der Waals surface area contributed by atoms with E-state index in [0.717, 1.165) is 29.6 Å². The number of fused-ring (bicyclic) bond motifs is 1. The maximum atomic E-state index is 13.7. The monoisotopic (exact) mass is 367 g/mol. The lowest BCUT2D eigenvalue weighted by Gasteiger charge is -2.23. The van der Waals surface area contributed by atoms with Crippen molar-refractivity contribution in [3.8, 4) is 0 Å². The van der Waals surface area contributed by atoms with Crippen molar-refractivity contribution in [2.45, 2.75) is 19.4 Å². The number of rotatable bonds is 2. The van der Waals surface area contributed by atoms with Gasteiger partial charge in [0.25, 0.3) is 5.91 Å². The molecule has 0 aliphatic carbocycles. The number of anilines is 1. The molecule has 136 valence electrons. The van der Waals surface area contributed by atoms with Crippen LogP contribution in [0.3, 0.4) is 0 Å². The third kappa shape index (κ3) is 2.73. The molecule has 0 radical (unpaired) electrons. The summed E-state index contributed by atoms with van der Waals surface area (Å²) in [6, 6.07) is 8.93. The van der Waals surface area contributed by atoms with Crippen LogP contribution in [-0.4, -0.2) is 17.8 Å². The molecule has 0 spiro atoms. The van der Waals surface area contributed by atoms with Gasteiger partial charge in [-0.1, -0.05) is 24.3 Å². The van der Waals surface area contributed by atoms with Crippen LogP contribution in [-0.2, 0) is 9.53 Å². The van der Waals surface area contributed by atoms with Crippen LogP contribution in [0.25, 0.3) is 11.1 Å². The van der Waals surface area contributed by atoms with Crippen molar-refractivity contribution in [3.63, 3.8) is 0 Å². The second-order valence-corrected chi connectivity index (χ2v) is 6.92. The van der Waals surface area contributed by atoms with E-state index in [4.69, 9.17) is 4.74 Å². The number of hydrogen-bond acceptors (Lipinski definition) is 3. The third-order valence-corrected chi connectivity index (χ3v) is 4.70. The molecule has 0 atom stereocenters. The minimum absolute atomic E-state index is 0.163. The first-order valence-corrected chi connectivity index (χ1v) is 8.32. The molecule has 2 aromatic carbocycles. The van der Waals surface area contributed by atoms with E-state index in [1.54, 1.807) is 30.3 Å². The van der Waals surface area contributed by atoms with Crippen LogP contribution in [0.5, 0.6) is 0 Å². The van der Waals surface area contributed by atoms with Crippen molar-refractivity contribution in [1.29, 1.82) is 0 Å². The van der Waals surface area contributed by atoms with Gasteiger partial charge < -0.3 is 10.1 Å². The lowest BCUT2D eigenvalue weighted by Crippen LogP contribution is -2.21. The number of nitrogens with one attached hydrogen (secondary N) is 1. The van der Waals surface area contributed by atoms with Gasteiger partial charge in [0.05, 0.1) is 11.3 Å². The van der Waals surface area contributed by atoms with Gasteiger partial charge in [-0.25, -0.2) is 8.78 Å². The molecule has 0 bridgehead atoms. The van der Waals surface area contributed by atoms with Gasteiger partial charge in [0, 0.05) is 22.8 Å².